The summed E-state index contributed by atoms with van der Waals surface area (Å²) in [6.07, 6.45) is 0. The molecule has 0 bridgehead atoms. The number of hydrogen-bond acceptors (Lipinski definition) is 4. The molecule has 4 heteroatoms. The summed E-state index contributed by atoms with van der Waals surface area (Å²) >= 11 is 0. The van der Waals surface area contributed by atoms with E-state index in [0.29, 0.717) is 17.5 Å². The molecule has 2 heterocycles. The minimum absolute atomic E-state index is 0.541. The lowest BCUT2D eigenvalue weighted by molar-refractivity contribution is 0.669. The molecule has 4 nitrogen and oxygen atoms in total. The fraction of sp³-hybridized carbons (Fsp3) is 0.0192. The SMILES string of the molecule is c1ccc(-c2ccc3oc4c(-c5nc(-c6ccccc6)nc(-c6cccc(C7(c8ccccc8)c8ccccc8-c8ccccc87)c6)n5)cccc4c3c2)cc1. The van der Waals surface area contributed by atoms with E-state index in [-0.39, 0.29) is 0 Å². The topological polar surface area (TPSA) is 51.8 Å². The van der Waals surface area contributed by atoms with Crippen molar-refractivity contribution in [2.75, 3.05) is 0 Å². The second-order valence-electron chi connectivity index (χ2n) is 14.3. The van der Waals surface area contributed by atoms with Gasteiger partial charge in [0.15, 0.2) is 17.5 Å². The first-order valence-corrected chi connectivity index (χ1v) is 18.9. The Labute approximate surface area is 324 Å². The Bertz CT molecular complexity index is 3030. The molecule has 262 valence electrons. The lowest BCUT2D eigenvalue weighted by Gasteiger charge is -2.34. The van der Waals surface area contributed by atoms with E-state index in [2.05, 4.69) is 158 Å². The van der Waals surface area contributed by atoms with Gasteiger partial charge in [-0.05, 0) is 68.8 Å². The number of hydrogen-bond donors (Lipinski definition) is 0. The molecule has 0 unspecified atom stereocenters. The summed E-state index contributed by atoms with van der Waals surface area (Å²) in [6, 6.07) is 70.4. The number of fused-ring (bicyclic) bond motifs is 6. The number of aromatic nitrogens is 3. The fourth-order valence-electron chi connectivity index (χ4n) is 8.73. The van der Waals surface area contributed by atoms with Crippen LogP contribution in [0, 0.1) is 0 Å². The predicted octanol–water partition coefficient (Wildman–Crippen LogP) is 12.8. The molecule has 0 aliphatic heterocycles. The minimum Gasteiger partial charge on any atom is -0.455 e. The lowest BCUT2D eigenvalue weighted by Crippen LogP contribution is -2.28. The maximum Gasteiger partial charge on any atom is 0.167 e. The van der Waals surface area contributed by atoms with Gasteiger partial charge in [0, 0.05) is 21.9 Å². The van der Waals surface area contributed by atoms with Crippen molar-refractivity contribution in [1.29, 1.82) is 0 Å². The third-order valence-electron chi connectivity index (χ3n) is 11.2. The molecule has 0 atom stereocenters. The van der Waals surface area contributed by atoms with Gasteiger partial charge >= 0.3 is 0 Å². The van der Waals surface area contributed by atoms with E-state index in [1.165, 1.54) is 27.8 Å². The highest BCUT2D eigenvalue weighted by Gasteiger charge is 2.46. The van der Waals surface area contributed by atoms with E-state index in [1.807, 2.05) is 42.5 Å². The Hall–Kier alpha value is -7.43. The van der Waals surface area contributed by atoms with Gasteiger partial charge in [0.2, 0.25) is 0 Å². The van der Waals surface area contributed by atoms with Gasteiger partial charge in [-0.25, -0.2) is 15.0 Å². The highest BCUT2D eigenvalue weighted by molar-refractivity contribution is 6.10. The van der Waals surface area contributed by atoms with Crippen molar-refractivity contribution in [3.8, 4) is 56.4 Å². The molecular weight excluding hydrogens is 683 g/mol. The third-order valence-corrected chi connectivity index (χ3v) is 11.2. The Morgan fingerprint density at radius 1 is 0.339 bits per heavy atom. The van der Waals surface area contributed by atoms with Crippen LogP contribution >= 0.6 is 0 Å². The van der Waals surface area contributed by atoms with Crippen LogP contribution in [0.1, 0.15) is 22.3 Å². The van der Waals surface area contributed by atoms with Crippen LogP contribution in [-0.2, 0) is 5.41 Å². The van der Waals surface area contributed by atoms with Crippen molar-refractivity contribution in [1.82, 2.24) is 15.0 Å². The van der Waals surface area contributed by atoms with Crippen molar-refractivity contribution in [3.63, 3.8) is 0 Å². The molecule has 1 aliphatic carbocycles. The lowest BCUT2D eigenvalue weighted by atomic mass is 9.67. The summed E-state index contributed by atoms with van der Waals surface area (Å²) in [7, 11) is 0. The number of furan rings is 1. The highest BCUT2D eigenvalue weighted by atomic mass is 16.3. The smallest absolute Gasteiger partial charge is 0.167 e. The number of para-hydroxylation sites is 1. The highest BCUT2D eigenvalue weighted by Crippen LogP contribution is 2.56. The number of rotatable bonds is 6. The Kier molecular flexibility index (Phi) is 7.36. The number of benzene rings is 8. The molecule has 56 heavy (non-hydrogen) atoms. The van der Waals surface area contributed by atoms with E-state index in [1.54, 1.807) is 0 Å². The van der Waals surface area contributed by atoms with E-state index in [0.717, 1.165) is 55.3 Å². The van der Waals surface area contributed by atoms with Gasteiger partial charge in [0.25, 0.3) is 0 Å². The van der Waals surface area contributed by atoms with Crippen molar-refractivity contribution in [2.45, 2.75) is 5.41 Å². The van der Waals surface area contributed by atoms with Gasteiger partial charge < -0.3 is 4.42 Å². The molecule has 10 aromatic rings. The van der Waals surface area contributed by atoms with E-state index in [4.69, 9.17) is 19.4 Å². The van der Waals surface area contributed by atoms with Crippen molar-refractivity contribution >= 4 is 21.9 Å². The van der Waals surface area contributed by atoms with Gasteiger partial charge in [-0.1, -0.05) is 176 Å². The molecule has 0 N–H and O–H groups in total. The third kappa shape index (κ3) is 4.96. The average molecular weight is 716 g/mol. The molecule has 0 fully saturated rings. The molecule has 1 aliphatic rings. The summed E-state index contributed by atoms with van der Waals surface area (Å²) in [4.78, 5) is 15.5. The normalized spacial score (nSPS) is 12.8. The summed E-state index contributed by atoms with van der Waals surface area (Å²) in [5.74, 6) is 1.75. The van der Waals surface area contributed by atoms with Gasteiger partial charge in [-0.15, -0.1) is 0 Å². The van der Waals surface area contributed by atoms with Crippen molar-refractivity contribution in [3.05, 3.63) is 222 Å². The fourth-order valence-corrected chi connectivity index (χ4v) is 8.73. The van der Waals surface area contributed by atoms with Crippen LogP contribution in [0.3, 0.4) is 0 Å². The molecule has 2 aromatic heterocycles. The Morgan fingerprint density at radius 3 is 1.59 bits per heavy atom. The summed E-state index contributed by atoms with van der Waals surface area (Å²) in [5.41, 5.74) is 13.4. The zero-order valence-electron chi connectivity index (χ0n) is 30.3. The average Bonchev–Trinajstić information content (AvgIpc) is 3.81. The predicted molar refractivity (Wildman–Crippen MR) is 226 cm³/mol. The molecule has 0 saturated carbocycles. The Balaban J connectivity index is 1.12. The summed E-state index contributed by atoms with van der Waals surface area (Å²) in [5, 5.41) is 2.07. The maximum absolute atomic E-state index is 6.64. The monoisotopic (exact) mass is 715 g/mol. The van der Waals surface area contributed by atoms with Crippen LogP contribution in [0.4, 0.5) is 0 Å². The second-order valence-corrected chi connectivity index (χ2v) is 14.3. The van der Waals surface area contributed by atoms with Gasteiger partial charge in [0.1, 0.15) is 11.2 Å². The van der Waals surface area contributed by atoms with Crippen LogP contribution < -0.4 is 0 Å². The van der Waals surface area contributed by atoms with Crippen LogP contribution in [0.5, 0.6) is 0 Å². The van der Waals surface area contributed by atoms with Gasteiger partial charge in [-0.2, -0.15) is 0 Å². The Morgan fingerprint density at radius 2 is 0.875 bits per heavy atom. The largest absolute Gasteiger partial charge is 0.455 e. The van der Waals surface area contributed by atoms with Crippen LogP contribution in [0.15, 0.2) is 205 Å². The quantitative estimate of drug-likeness (QED) is 0.172. The van der Waals surface area contributed by atoms with Crippen molar-refractivity contribution in [2.24, 2.45) is 0 Å². The molecular formula is C52H33N3O. The summed E-state index contributed by atoms with van der Waals surface area (Å²) < 4.78 is 6.64. The van der Waals surface area contributed by atoms with E-state index in [9.17, 15) is 0 Å². The minimum atomic E-state index is -0.541. The first kappa shape index (κ1) is 32.0. The van der Waals surface area contributed by atoms with Crippen LogP contribution in [-0.4, -0.2) is 15.0 Å². The summed E-state index contributed by atoms with van der Waals surface area (Å²) in [6.45, 7) is 0. The van der Waals surface area contributed by atoms with E-state index >= 15 is 0 Å². The first-order chi connectivity index (χ1) is 27.8. The molecule has 0 saturated heterocycles. The first-order valence-electron chi connectivity index (χ1n) is 18.9. The van der Waals surface area contributed by atoms with E-state index < -0.39 is 5.41 Å². The molecule has 11 rings (SSSR count). The second kappa shape index (κ2) is 12.9. The van der Waals surface area contributed by atoms with Crippen LogP contribution in [0.2, 0.25) is 0 Å². The van der Waals surface area contributed by atoms with Gasteiger partial charge in [-0.3, -0.25) is 0 Å². The molecule has 0 spiro atoms. The molecule has 0 radical (unpaired) electrons. The molecule has 0 amide bonds. The van der Waals surface area contributed by atoms with Gasteiger partial charge in [0.05, 0.1) is 11.0 Å². The molecule has 8 aromatic carbocycles. The number of nitrogens with zero attached hydrogens (tertiary/aromatic N) is 3. The van der Waals surface area contributed by atoms with Crippen LogP contribution in [0.25, 0.3) is 78.4 Å². The standard InChI is InChI=1S/C52H33N3O/c1-4-16-34(17-5-1)36-30-31-47-44(33-36)42-26-15-27-43(48(42)56-47)51-54-49(35-18-6-2-7-19-35)53-50(55-51)37-20-14-23-39(32-37)52(38-21-8-3-9-22-38)45-28-12-10-24-40(45)41-25-11-13-29-46(41)52/h1-33H. The maximum atomic E-state index is 6.64. The zero-order chi connectivity index (χ0) is 37.1. The zero-order valence-corrected chi connectivity index (χ0v) is 30.3. The van der Waals surface area contributed by atoms with Crippen molar-refractivity contribution < 1.29 is 4.42 Å².